The normalized spacial score (nSPS) is 11.4. The Hall–Kier alpha value is -0.490. The second-order valence-electron chi connectivity index (χ2n) is 4.40. The first-order valence-corrected chi connectivity index (χ1v) is 9.44. The average Bonchev–Trinajstić information content (AvgIpc) is 2.39. The van der Waals surface area contributed by atoms with Gasteiger partial charge in [-0.2, -0.15) is 0 Å². The number of carbonyl (C=O) groups is 1. The maximum atomic E-state index is 11.9. The zero-order chi connectivity index (χ0) is 16.0. The second-order valence-corrected chi connectivity index (χ2v) is 7.75. The van der Waals surface area contributed by atoms with Crippen LogP contribution in [0.3, 0.4) is 0 Å². The standard InChI is InChI=1S/C13H15Cl3O4S/c1-2-3-4-5-6-20-13(17)10-7-9(14)8-11(12(10)15)21(16,18)19/h7-8H,2-6H2,1H3. The molecule has 118 valence electrons. The van der Waals surface area contributed by atoms with Crippen LogP contribution in [0.2, 0.25) is 10.0 Å². The molecule has 0 radical (unpaired) electrons. The van der Waals surface area contributed by atoms with Gasteiger partial charge in [0.05, 0.1) is 17.2 Å². The zero-order valence-corrected chi connectivity index (χ0v) is 14.4. The molecule has 0 N–H and O–H groups in total. The summed E-state index contributed by atoms with van der Waals surface area (Å²) < 4.78 is 27.8. The van der Waals surface area contributed by atoms with E-state index in [9.17, 15) is 13.2 Å². The molecular weight excluding hydrogens is 359 g/mol. The lowest BCUT2D eigenvalue weighted by atomic mass is 10.2. The van der Waals surface area contributed by atoms with Crippen molar-refractivity contribution >= 4 is 48.9 Å². The molecular formula is C13H15Cl3O4S. The van der Waals surface area contributed by atoms with E-state index in [-0.39, 0.29) is 22.2 Å². The van der Waals surface area contributed by atoms with Gasteiger partial charge in [0.25, 0.3) is 9.05 Å². The van der Waals surface area contributed by atoms with Crippen molar-refractivity contribution in [2.75, 3.05) is 6.61 Å². The number of hydrogen-bond donors (Lipinski definition) is 0. The highest BCUT2D eigenvalue weighted by Crippen LogP contribution is 2.32. The number of benzene rings is 1. The zero-order valence-electron chi connectivity index (χ0n) is 11.4. The molecule has 0 heterocycles. The molecule has 0 saturated carbocycles. The van der Waals surface area contributed by atoms with Crippen LogP contribution in [0.15, 0.2) is 17.0 Å². The molecule has 0 saturated heterocycles. The van der Waals surface area contributed by atoms with Crippen LogP contribution in [0.5, 0.6) is 0 Å². The molecule has 0 aliphatic rings. The monoisotopic (exact) mass is 372 g/mol. The molecule has 0 spiro atoms. The topological polar surface area (TPSA) is 60.4 Å². The van der Waals surface area contributed by atoms with Crippen molar-refractivity contribution in [3.8, 4) is 0 Å². The molecule has 0 aromatic heterocycles. The van der Waals surface area contributed by atoms with E-state index in [1.54, 1.807) is 0 Å². The molecule has 0 unspecified atom stereocenters. The molecule has 1 rings (SSSR count). The van der Waals surface area contributed by atoms with Gasteiger partial charge in [0.1, 0.15) is 4.90 Å². The van der Waals surface area contributed by atoms with E-state index < -0.39 is 19.9 Å². The van der Waals surface area contributed by atoms with Gasteiger partial charge >= 0.3 is 5.97 Å². The average molecular weight is 374 g/mol. The SMILES string of the molecule is CCCCCCOC(=O)c1cc(Cl)cc(S(=O)(=O)Cl)c1Cl. The number of unbranched alkanes of at least 4 members (excludes halogenated alkanes) is 3. The minimum absolute atomic E-state index is 0.0385. The number of esters is 1. The summed E-state index contributed by atoms with van der Waals surface area (Å²) >= 11 is 11.7. The summed E-state index contributed by atoms with van der Waals surface area (Å²) in [6.45, 7) is 2.32. The van der Waals surface area contributed by atoms with Crippen molar-refractivity contribution in [1.82, 2.24) is 0 Å². The Kier molecular flexibility index (Phi) is 7.27. The van der Waals surface area contributed by atoms with E-state index in [0.29, 0.717) is 0 Å². The number of halogens is 3. The maximum Gasteiger partial charge on any atom is 0.339 e. The predicted octanol–water partition coefficient (Wildman–Crippen LogP) is 4.66. The van der Waals surface area contributed by atoms with Crippen LogP contribution in [-0.4, -0.2) is 21.0 Å². The van der Waals surface area contributed by atoms with E-state index in [4.69, 9.17) is 38.6 Å². The van der Waals surface area contributed by atoms with Crippen LogP contribution in [-0.2, 0) is 13.8 Å². The minimum Gasteiger partial charge on any atom is -0.462 e. The molecule has 21 heavy (non-hydrogen) atoms. The van der Waals surface area contributed by atoms with Crippen molar-refractivity contribution in [2.24, 2.45) is 0 Å². The Labute approximate surface area is 138 Å². The van der Waals surface area contributed by atoms with E-state index >= 15 is 0 Å². The summed E-state index contributed by atoms with van der Waals surface area (Å²) in [5.74, 6) is -0.722. The van der Waals surface area contributed by atoms with Crippen molar-refractivity contribution in [2.45, 2.75) is 37.5 Å². The molecule has 0 bridgehead atoms. The first kappa shape index (κ1) is 18.6. The third-order valence-corrected chi connectivity index (χ3v) is 4.80. The molecule has 8 heteroatoms. The Morgan fingerprint density at radius 3 is 2.43 bits per heavy atom. The van der Waals surface area contributed by atoms with Gasteiger partial charge in [-0.15, -0.1) is 0 Å². The lowest BCUT2D eigenvalue weighted by Crippen LogP contribution is -2.09. The summed E-state index contributed by atoms with van der Waals surface area (Å²) in [5, 5.41) is -0.246. The summed E-state index contributed by atoms with van der Waals surface area (Å²) in [4.78, 5) is 11.5. The van der Waals surface area contributed by atoms with Gasteiger partial charge in [-0.1, -0.05) is 49.4 Å². The summed E-state index contributed by atoms with van der Waals surface area (Å²) in [6, 6.07) is 2.34. The largest absolute Gasteiger partial charge is 0.462 e. The van der Waals surface area contributed by atoms with E-state index in [1.165, 1.54) is 6.07 Å². The van der Waals surface area contributed by atoms with Crippen LogP contribution in [0.1, 0.15) is 43.0 Å². The maximum absolute atomic E-state index is 11.9. The highest BCUT2D eigenvalue weighted by Gasteiger charge is 2.23. The Balaban J connectivity index is 2.88. The van der Waals surface area contributed by atoms with Gasteiger partial charge in [-0.25, -0.2) is 13.2 Å². The third kappa shape index (κ3) is 5.66. The quantitative estimate of drug-likeness (QED) is 0.396. The second kappa shape index (κ2) is 8.22. The Morgan fingerprint density at radius 2 is 1.86 bits per heavy atom. The van der Waals surface area contributed by atoms with Crippen LogP contribution in [0, 0.1) is 0 Å². The fourth-order valence-electron chi connectivity index (χ4n) is 1.66. The summed E-state index contributed by atoms with van der Waals surface area (Å²) in [7, 11) is 1.15. The van der Waals surface area contributed by atoms with Crippen molar-refractivity contribution in [3.63, 3.8) is 0 Å². The van der Waals surface area contributed by atoms with Crippen molar-refractivity contribution in [3.05, 3.63) is 27.7 Å². The molecule has 0 amide bonds. The predicted molar refractivity (Wildman–Crippen MR) is 83.9 cm³/mol. The van der Waals surface area contributed by atoms with Gasteiger partial charge in [-0.05, 0) is 18.6 Å². The van der Waals surface area contributed by atoms with Crippen molar-refractivity contribution < 1.29 is 17.9 Å². The van der Waals surface area contributed by atoms with Gasteiger partial charge in [0.2, 0.25) is 0 Å². The van der Waals surface area contributed by atoms with Crippen LogP contribution in [0.4, 0.5) is 0 Å². The molecule has 1 aromatic rings. The molecule has 4 nitrogen and oxygen atoms in total. The first-order valence-electron chi connectivity index (χ1n) is 6.38. The molecule has 1 aromatic carbocycles. The van der Waals surface area contributed by atoms with Gasteiger partial charge in [-0.3, -0.25) is 0 Å². The van der Waals surface area contributed by atoms with E-state index in [2.05, 4.69) is 6.92 Å². The lowest BCUT2D eigenvalue weighted by molar-refractivity contribution is 0.0497. The number of ether oxygens (including phenoxy) is 1. The van der Waals surface area contributed by atoms with Crippen LogP contribution < -0.4 is 0 Å². The highest BCUT2D eigenvalue weighted by atomic mass is 35.7. The van der Waals surface area contributed by atoms with Gasteiger partial charge in [0, 0.05) is 15.7 Å². The number of rotatable bonds is 7. The molecule has 0 fully saturated rings. The summed E-state index contributed by atoms with van der Waals surface area (Å²) in [5.41, 5.74) is -0.112. The Bertz CT molecular complexity index is 614. The molecule has 0 atom stereocenters. The fraction of sp³-hybridized carbons (Fsp3) is 0.462. The Morgan fingerprint density at radius 1 is 1.19 bits per heavy atom. The van der Waals surface area contributed by atoms with Crippen LogP contribution in [0.25, 0.3) is 0 Å². The van der Waals surface area contributed by atoms with Gasteiger partial charge in [0.15, 0.2) is 0 Å². The minimum atomic E-state index is -4.10. The number of hydrogen-bond acceptors (Lipinski definition) is 4. The smallest absolute Gasteiger partial charge is 0.339 e. The van der Waals surface area contributed by atoms with Crippen molar-refractivity contribution in [1.29, 1.82) is 0 Å². The molecule has 0 aliphatic carbocycles. The third-order valence-electron chi connectivity index (χ3n) is 2.72. The van der Waals surface area contributed by atoms with E-state index in [1.807, 2.05) is 0 Å². The fourth-order valence-corrected chi connectivity index (χ4v) is 3.51. The van der Waals surface area contributed by atoms with Crippen LogP contribution >= 0.6 is 33.9 Å². The lowest BCUT2D eigenvalue weighted by Gasteiger charge is -2.09. The van der Waals surface area contributed by atoms with E-state index in [0.717, 1.165) is 31.7 Å². The highest BCUT2D eigenvalue weighted by molar-refractivity contribution is 8.13. The van der Waals surface area contributed by atoms with Gasteiger partial charge < -0.3 is 4.74 Å². The molecule has 0 aliphatic heterocycles. The number of carbonyl (C=O) groups excluding carboxylic acids is 1. The summed E-state index contributed by atoms with van der Waals surface area (Å²) in [6.07, 6.45) is 3.82. The first-order chi connectivity index (χ1) is 9.77.